The van der Waals surface area contributed by atoms with Crippen LogP contribution in [0.3, 0.4) is 0 Å². The molecule has 0 aromatic heterocycles. The molecule has 14 heavy (non-hydrogen) atoms. The van der Waals surface area contributed by atoms with Crippen LogP contribution in [0.25, 0.3) is 0 Å². The van der Waals surface area contributed by atoms with Gasteiger partial charge in [-0.2, -0.15) is 0 Å². The van der Waals surface area contributed by atoms with Crippen molar-refractivity contribution in [2.45, 2.75) is 6.92 Å². The maximum absolute atomic E-state index is 11.3. The van der Waals surface area contributed by atoms with Crippen molar-refractivity contribution in [3.8, 4) is 0 Å². The van der Waals surface area contributed by atoms with E-state index in [0.29, 0.717) is 18.7 Å². The standard InChI is InChI=1S/C10H14N2O.ClH/c1-8-2-4-9(5-3-8)10(13)12-7-6-11;/h2-5H,6-7,11H2,1H3,(H,12,13);1H. The summed E-state index contributed by atoms with van der Waals surface area (Å²) in [6, 6.07) is 7.44. The van der Waals surface area contributed by atoms with Crippen LogP contribution in [-0.2, 0) is 0 Å². The zero-order chi connectivity index (χ0) is 9.68. The highest BCUT2D eigenvalue weighted by atomic mass is 35.5. The molecule has 1 aromatic carbocycles. The van der Waals surface area contributed by atoms with Gasteiger partial charge in [-0.25, -0.2) is 0 Å². The fourth-order valence-corrected chi connectivity index (χ4v) is 0.993. The summed E-state index contributed by atoms with van der Waals surface area (Å²) in [7, 11) is 0. The molecule has 0 spiro atoms. The smallest absolute Gasteiger partial charge is 0.251 e. The molecule has 1 amide bonds. The van der Waals surface area contributed by atoms with Crippen molar-refractivity contribution in [3.63, 3.8) is 0 Å². The maximum Gasteiger partial charge on any atom is 0.251 e. The van der Waals surface area contributed by atoms with Crippen LogP contribution < -0.4 is 11.1 Å². The molecule has 0 unspecified atom stereocenters. The zero-order valence-electron chi connectivity index (χ0n) is 8.12. The van der Waals surface area contributed by atoms with Gasteiger partial charge in [-0.3, -0.25) is 4.79 Å². The summed E-state index contributed by atoms with van der Waals surface area (Å²) in [5.41, 5.74) is 7.09. The minimum Gasteiger partial charge on any atom is -0.351 e. The number of hydrogen-bond acceptors (Lipinski definition) is 2. The number of hydrogen-bond donors (Lipinski definition) is 2. The number of aryl methyl sites for hydroxylation is 1. The highest BCUT2D eigenvalue weighted by Gasteiger charge is 2.02. The quantitative estimate of drug-likeness (QED) is 0.792. The van der Waals surface area contributed by atoms with Crippen LogP contribution in [0.1, 0.15) is 15.9 Å². The van der Waals surface area contributed by atoms with Crippen molar-refractivity contribution in [1.82, 2.24) is 5.32 Å². The number of halogens is 1. The van der Waals surface area contributed by atoms with Crippen LogP contribution in [0.4, 0.5) is 0 Å². The van der Waals surface area contributed by atoms with Gasteiger partial charge >= 0.3 is 0 Å². The second kappa shape index (κ2) is 6.40. The lowest BCUT2D eigenvalue weighted by Crippen LogP contribution is -2.28. The van der Waals surface area contributed by atoms with E-state index in [4.69, 9.17) is 5.73 Å². The first-order valence-corrected chi connectivity index (χ1v) is 4.29. The molecule has 0 aliphatic rings. The normalized spacial score (nSPS) is 9.00. The molecule has 0 radical (unpaired) electrons. The van der Waals surface area contributed by atoms with Crippen LogP contribution >= 0.6 is 12.4 Å². The number of nitrogens with two attached hydrogens (primary N) is 1. The van der Waals surface area contributed by atoms with Crippen LogP contribution in [0, 0.1) is 6.92 Å². The van der Waals surface area contributed by atoms with E-state index in [2.05, 4.69) is 5.32 Å². The topological polar surface area (TPSA) is 55.1 Å². The van der Waals surface area contributed by atoms with Gasteiger partial charge in [0.2, 0.25) is 0 Å². The third kappa shape index (κ3) is 3.77. The van der Waals surface area contributed by atoms with Crippen LogP contribution in [-0.4, -0.2) is 19.0 Å². The highest BCUT2D eigenvalue weighted by molar-refractivity contribution is 5.94. The first kappa shape index (κ1) is 12.9. The fraction of sp³-hybridized carbons (Fsp3) is 0.300. The predicted octanol–water partition coefficient (Wildman–Crippen LogP) is 1.11. The third-order valence-electron chi connectivity index (χ3n) is 1.74. The Hall–Kier alpha value is -1.06. The summed E-state index contributed by atoms with van der Waals surface area (Å²) in [6.45, 7) is 2.98. The summed E-state index contributed by atoms with van der Waals surface area (Å²) in [5, 5.41) is 2.70. The monoisotopic (exact) mass is 214 g/mol. The second-order valence-electron chi connectivity index (χ2n) is 2.91. The molecule has 0 bridgehead atoms. The van der Waals surface area contributed by atoms with Crippen molar-refractivity contribution in [2.24, 2.45) is 5.73 Å². The lowest BCUT2D eigenvalue weighted by molar-refractivity contribution is 0.0955. The molecule has 1 rings (SSSR count). The number of benzene rings is 1. The van der Waals surface area contributed by atoms with Gasteiger partial charge in [0, 0.05) is 18.7 Å². The summed E-state index contributed by atoms with van der Waals surface area (Å²) < 4.78 is 0. The molecule has 3 N–H and O–H groups in total. The molecule has 0 aliphatic heterocycles. The van der Waals surface area contributed by atoms with E-state index in [-0.39, 0.29) is 18.3 Å². The maximum atomic E-state index is 11.3. The van der Waals surface area contributed by atoms with E-state index in [0.717, 1.165) is 5.56 Å². The molecule has 0 saturated carbocycles. The summed E-state index contributed by atoms with van der Waals surface area (Å²) in [5.74, 6) is -0.0644. The lowest BCUT2D eigenvalue weighted by atomic mass is 10.1. The molecular weight excluding hydrogens is 200 g/mol. The predicted molar refractivity (Wildman–Crippen MR) is 59.8 cm³/mol. The fourth-order valence-electron chi connectivity index (χ4n) is 0.993. The molecule has 1 aromatic rings. The van der Waals surface area contributed by atoms with E-state index < -0.39 is 0 Å². The SMILES string of the molecule is Cc1ccc(C(=O)NCCN)cc1.Cl. The first-order valence-electron chi connectivity index (χ1n) is 4.29. The number of amides is 1. The van der Waals surface area contributed by atoms with Crippen LogP contribution in [0.2, 0.25) is 0 Å². The van der Waals surface area contributed by atoms with E-state index in [1.54, 1.807) is 12.1 Å². The number of carbonyl (C=O) groups is 1. The van der Waals surface area contributed by atoms with Crippen molar-refractivity contribution in [2.75, 3.05) is 13.1 Å². The third-order valence-corrected chi connectivity index (χ3v) is 1.74. The van der Waals surface area contributed by atoms with Crippen molar-refractivity contribution >= 4 is 18.3 Å². The van der Waals surface area contributed by atoms with Gasteiger partial charge in [0.1, 0.15) is 0 Å². The molecular formula is C10H15ClN2O. The molecule has 0 fully saturated rings. The molecule has 0 saturated heterocycles. The minimum absolute atomic E-state index is 0. The molecule has 78 valence electrons. The highest BCUT2D eigenvalue weighted by Crippen LogP contribution is 2.02. The Morgan fingerprint density at radius 1 is 1.36 bits per heavy atom. The zero-order valence-corrected chi connectivity index (χ0v) is 8.93. The lowest BCUT2D eigenvalue weighted by Gasteiger charge is -2.02. The van der Waals surface area contributed by atoms with E-state index in [1.807, 2.05) is 19.1 Å². The summed E-state index contributed by atoms with van der Waals surface area (Å²) in [6.07, 6.45) is 0. The molecule has 0 heterocycles. The number of nitrogens with one attached hydrogen (secondary N) is 1. The average molecular weight is 215 g/mol. The molecule has 3 nitrogen and oxygen atoms in total. The van der Waals surface area contributed by atoms with Gasteiger partial charge in [-0.1, -0.05) is 17.7 Å². The van der Waals surface area contributed by atoms with Crippen molar-refractivity contribution in [1.29, 1.82) is 0 Å². The Labute approximate surface area is 90.1 Å². The van der Waals surface area contributed by atoms with Crippen molar-refractivity contribution in [3.05, 3.63) is 35.4 Å². The summed E-state index contributed by atoms with van der Waals surface area (Å²) in [4.78, 5) is 11.3. The Balaban J connectivity index is 0.00000169. The van der Waals surface area contributed by atoms with Gasteiger partial charge in [0.15, 0.2) is 0 Å². The number of carbonyl (C=O) groups excluding carboxylic acids is 1. The van der Waals surface area contributed by atoms with E-state index in [9.17, 15) is 4.79 Å². The average Bonchev–Trinajstić information content (AvgIpc) is 2.15. The van der Waals surface area contributed by atoms with Gasteiger partial charge in [0.25, 0.3) is 5.91 Å². The Bertz CT molecular complexity index is 285. The van der Waals surface area contributed by atoms with Crippen LogP contribution in [0.15, 0.2) is 24.3 Å². The largest absolute Gasteiger partial charge is 0.351 e. The second-order valence-corrected chi connectivity index (χ2v) is 2.91. The Kier molecular flexibility index (Phi) is 5.92. The Morgan fingerprint density at radius 3 is 2.43 bits per heavy atom. The Morgan fingerprint density at radius 2 is 1.93 bits per heavy atom. The van der Waals surface area contributed by atoms with Crippen LogP contribution in [0.5, 0.6) is 0 Å². The van der Waals surface area contributed by atoms with Gasteiger partial charge in [0.05, 0.1) is 0 Å². The van der Waals surface area contributed by atoms with E-state index >= 15 is 0 Å². The molecule has 0 aliphatic carbocycles. The van der Waals surface area contributed by atoms with Gasteiger partial charge in [-0.05, 0) is 19.1 Å². The number of rotatable bonds is 3. The van der Waals surface area contributed by atoms with Gasteiger partial charge in [-0.15, -0.1) is 12.4 Å². The molecule has 4 heteroatoms. The molecule has 0 atom stereocenters. The van der Waals surface area contributed by atoms with E-state index in [1.165, 1.54) is 0 Å². The first-order chi connectivity index (χ1) is 6.24. The summed E-state index contributed by atoms with van der Waals surface area (Å²) >= 11 is 0. The van der Waals surface area contributed by atoms with Crippen molar-refractivity contribution < 1.29 is 4.79 Å². The van der Waals surface area contributed by atoms with Gasteiger partial charge < -0.3 is 11.1 Å². The minimum atomic E-state index is -0.0644.